The van der Waals surface area contributed by atoms with Crippen molar-refractivity contribution in [3.8, 4) is 0 Å². The molecule has 21 heavy (non-hydrogen) atoms. The quantitative estimate of drug-likeness (QED) is 0.568. The molecule has 1 fully saturated rings. The molecule has 2 unspecified atom stereocenters. The van der Waals surface area contributed by atoms with Crippen molar-refractivity contribution in [2.45, 2.75) is 42.4 Å². The average Bonchev–Trinajstić information content (AvgIpc) is 2.86. The summed E-state index contributed by atoms with van der Waals surface area (Å²) in [5.41, 5.74) is 0. The third kappa shape index (κ3) is 3.83. The van der Waals surface area contributed by atoms with Crippen LogP contribution in [-0.4, -0.2) is 39.0 Å². The third-order valence-corrected chi connectivity index (χ3v) is 5.48. The minimum absolute atomic E-state index is 0.152. The predicted molar refractivity (Wildman–Crippen MR) is 77.6 cm³/mol. The maximum absolute atomic E-state index is 12.4. The molecule has 1 aliphatic heterocycles. The monoisotopic (exact) mass is 312 g/mol. The van der Waals surface area contributed by atoms with Gasteiger partial charge in [0.25, 0.3) is 0 Å². The average molecular weight is 312 g/mol. The van der Waals surface area contributed by atoms with Gasteiger partial charge >= 0.3 is 5.97 Å². The molecule has 2 rings (SSSR count). The minimum Gasteiger partial charge on any atom is -0.459 e. The molecule has 1 aromatic carbocycles. The lowest BCUT2D eigenvalue weighted by molar-refractivity contribution is -0.143. The van der Waals surface area contributed by atoms with E-state index in [1.165, 1.54) is 12.1 Å². The maximum Gasteiger partial charge on any atom is 0.325 e. The second-order valence-electron chi connectivity index (χ2n) is 5.07. The van der Waals surface area contributed by atoms with Crippen molar-refractivity contribution in [1.82, 2.24) is 0 Å². The van der Waals surface area contributed by atoms with Gasteiger partial charge in [-0.3, -0.25) is 4.79 Å². The van der Waals surface area contributed by atoms with E-state index in [2.05, 4.69) is 6.92 Å². The van der Waals surface area contributed by atoms with E-state index in [9.17, 15) is 13.2 Å². The van der Waals surface area contributed by atoms with Crippen LogP contribution < -0.4 is 0 Å². The molecule has 6 heteroatoms. The van der Waals surface area contributed by atoms with Crippen molar-refractivity contribution in [3.05, 3.63) is 30.3 Å². The van der Waals surface area contributed by atoms with Crippen molar-refractivity contribution in [2.24, 2.45) is 0 Å². The smallest absolute Gasteiger partial charge is 0.325 e. The normalized spacial score (nSPS) is 22.2. The first-order chi connectivity index (χ1) is 10.1. The Morgan fingerprint density at radius 1 is 1.29 bits per heavy atom. The molecule has 0 N–H and O–H groups in total. The molecule has 1 aromatic rings. The van der Waals surface area contributed by atoms with Crippen LogP contribution in [0.15, 0.2) is 35.2 Å². The summed E-state index contributed by atoms with van der Waals surface area (Å²) in [5.74, 6) is -0.678. The highest BCUT2D eigenvalue weighted by Crippen LogP contribution is 2.27. The van der Waals surface area contributed by atoms with Crippen LogP contribution in [0.1, 0.15) is 26.2 Å². The van der Waals surface area contributed by atoms with Crippen molar-refractivity contribution < 1.29 is 22.7 Å². The number of rotatable bonds is 7. The first-order valence-corrected chi connectivity index (χ1v) is 8.67. The van der Waals surface area contributed by atoms with Crippen LogP contribution in [0.4, 0.5) is 0 Å². The first kappa shape index (κ1) is 16.0. The van der Waals surface area contributed by atoms with E-state index in [-0.39, 0.29) is 17.9 Å². The predicted octanol–water partition coefficient (Wildman–Crippen LogP) is 1.96. The third-order valence-electron chi connectivity index (χ3n) is 3.41. The van der Waals surface area contributed by atoms with Crippen molar-refractivity contribution >= 4 is 15.8 Å². The fraction of sp³-hybridized carbons (Fsp3) is 0.533. The zero-order chi connectivity index (χ0) is 15.3. The summed E-state index contributed by atoms with van der Waals surface area (Å²) in [4.78, 5) is 12.0. The minimum atomic E-state index is -3.69. The Morgan fingerprint density at radius 2 is 2.00 bits per heavy atom. The lowest BCUT2D eigenvalue weighted by Crippen LogP contribution is -2.26. The number of esters is 1. The standard InChI is InChI=1S/C15H20O5S/c1-2-3-9-19-11-12-10-14(15(16)20-12)21(17,18)13-7-5-4-6-8-13/h4-8,12,14H,2-3,9-11H2,1H3. The van der Waals surface area contributed by atoms with Crippen LogP contribution >= 0.6 is 0 Å². The molecule has 1 aliphatic rings. The number of ether oxygens (including phenoxy) is 2. The highest BCUT2D eigenvalue weighted by atomic mass is 32.2. The van der Waals surface area contributed by atoms with Gasteiger partial charge in [-0.2, -0.15) is 0 Å². The van der Waals surface area contributed by atoms with Crippen LogP contribution in [0.5, 0.6) is 0 Å². The van der Waals surface area contributed by atoms with Gasteiger partial charge in [-0.25, -0.2) is 8.42 Å². The van der Waals surface area contributed by atoms with E-state index in [1.807, 2.05) is 0 Å². The molecule has 0 amide bonds. The number of carbonyl (C=O) groups is 1. The van der Waals surface area contributed by atoms with Crippen molar-refractivity contribution in [3.63, 3.8) is 0 Å². The molecule has 0 saturated carbocycles. The number of unbranched alkanes of at least 4 members (excludes halogenated alkanes) is 1. The Hall–Kier alpha value is -1.40. The van der Waals surface area contributed by atoms with Gasteiger partial charge in [0.1, 0.15) is 6.10 Å². The topological polar surface area (TPSA) is 69.7 Å². The highest BCUT2D eigenvalue weighted by molar-refractivity contribution is 7.92. The van der Waals surface area contributed by atoms with Gasteiger partial charge < -0.3 is 9.47 Å². The van der Waals surface area contributed by atoms with E-state index in [1.54, 1.807) is 18.2 Å². The van der Waals surface area contributed by atoms with E-state index in [4.69, 9.17) is 9.47 Å². The number of cyclic esters (lactones) is 1. The Labute approximate surface area is 125 Å². The van der Waals surface area contributed by atoms with Gasteiger partial charge in [0, 0.05) is 13.0 Å². The molecular weight excluding hydrogens is 292 g/mol. The molecule has 0 spiro atoms. The number of sulfone groups is 1. The maximum atomic E-state index is 12.4. The SMILES string of the molecule is CCCCOCC1CC(S(=O)(=O)c2ccccc2)C(=O)O1. The van der Waals surface area contributed by atoms with E-state index >= 15 is 0 Å². The Bertz CT molecular complexity index is 567. The van der Waals surface area contributed by atoms with Gasteiger partial charge in [0.2, 0.25) is 0 Å². The summed E-state index contributed by atoms with van der Waals surface area (Å²) in [5, 5.41) is -1.13. The van der Waals surface area contributed by atoms with Gasteiger partial charge in [-0.05, 0) is 18.6 Å². The van der Waals surface area contributed by atoms with Crippen LogP contribution in [0.25, 0.3) is 0 Å². The first-order valence-electron chi connectivity index (χ1n) is 7.13. The lowest BCUT2D eigenvalue weighted by atomic mass is 10.2. The van der Waals surface area contributed by atoms with Gasteiger partial charge in [-0.1, -0.05) is 31.5 Å². The molecule has 1 saturated heterocycles. The summed E-state index contributed by atoms with van der Waals surface area (Å²) in [6, 6.07) is 7.99. The van der Waals surface area contributed by atoms with E-state index in [0.717, 1.165) is 12.8 Å². The summed E-state index contributed by atoms with van der Waals surface area (Å²) < 4.78 is 35.4. The summed E-state index contributed by atoms with van der Waals surface area (Å²) in [6.45, 7) is 2.91. The van der Waals surface area contributed by atoms with Crippen LogP contribution in [-0.2, 0) is 24.1 Å². The molecule has 2 atom stereocenters. The number of hydrogen-bond acceptors (Lipinski definition) is 5. The van der Waals surface area contributed by atoms with E-state index in [0.29, 0.717) is 6.61 Å². The number of benzene rings is 1. The van der Waals surface area contributed by atoms with E-state index < -0.39 is 27.2 Å². The molecule has 1 heterocycles. The van der Waals surface area contributed by atoms with Gasteiger partial charge in [0.05, 0.1) is 11.5 Å². The fourth-order valence-corrected chi connectivity index (χ4v) is 3.86. The van der Waals surface area contributed by atoms with Gasteiger partial charge in [-0.15, -0.1) is 0 Å². The molecule has 0 aromatic heterocycles. The largest absolute Gasteiger partial charge is 0.459 e. The van der Waals surface area contributed by atoms with Gasteiger partial charge in [0.15, 0.2) is 15.1 Å². The summed E-state index contributed by atoms with van der Waals surface area (Å²) in [7, 11) is -3.69. The zero-order valence-corrected chi connectivity index (χ0v) is 12.8. The Morgan fingerprint density at radius 3 is 2.67 bits per heavy atom. The Kier molecular flexibility index (Phi) is 5.36. The second-order valence-corrected chi connectivity index (χ2v) is 7.20. The summed E-state index contributed by atoms with van der Waals surface area (Å²) >= 11 is 0. The molecule has 5 nitrogen and oxygen atoms in total. The molecule has 0 radical (unpaired) electrons. The van der Waals surface area contributed by atoms with Crippen LogP contribution in [0.2, 0.25) is 0 Å². The second kappa shape index (κ2) is 7.04. The lowest BCUT2D eigenvalue weighted by Gasteiger charge is -2.09. The fourth-order valence-electron chi connectivity index (χ4n) is 2.21. The number of carbonyl (C=O) groups excluding carboxylic acids is 1. The summed E-state index contributed by atoms with van der Waals surface area (Å²) in [6.07, 6.45) is 1.64. The molecule has 0 aliphatic carbocycles. The molecular formula is C15H20O5S. The van der Waals surface area contributed by atoms with Crippen LogP contribution in [0, 0.1) is 0 Å². The highest BCUT2D eigenvalue weighted by Gasteiger charge is 2.44. The molecule has 0 bridgehead atoms. The zero-order valence-electron chi connectivity index (χ0n) is 12.0. The molecule has 116 valence electrons. The van der Waals surface area contributed by atoms with Crippen molar-refractivity contribution in [1.29, 1.82) is 0 Å². The van der Waals surface area contributed by atoms with Crippen molar-refractivity contribution in [2.75, 3.05) is 13.2 Å². The number of hydrogen-bond donors (Lipinski definition) is 0. The van der Waals surface area contributed by atoms with Crippen LogP contribution in [0.3, 0.4) is 0 Å². The Balaban J connectivity index is 2.00.